The van der Waals surface area contributed by atoms with E-state index in [4.69, 9.17) is 9.84 Å². The topological polar surface area (TPSA) is 64.3 Å². The van der Waals surface area contributed by atoms with Gasteiger partial charge in [-0.1, -0.05) is 57.6 Å². The normalized spacial score (nSPS) is 11.1. The summed E-state index contributed by atoms with van der Waals surface area (Å²) in [5.41, 5.74) is 7.82. The Hall–Kier alpha value is -3.75. The van der Waals surface area contributed by atoms with Gasteiger partial charge in [0.1, 0.15) is 11.4 Å². The minimum Gasteiger partial charge on any atom is -0.497 e. The van der Waals surface area contributed by atoms with Crippen molar-refractivity contribution in [1.82, 2.24) is 14.8 Å². The average Bonchev–Trinajstić information content (AvgIpc) is 3.53. The molecule has 8 heteroatoms. The molecule has 3 aromatic carbocycles. The predicted octanol–water partition coefficient (Wildman–Crippen LogP) is 6.88. The fourth-order valence-electron chi connectivity index (χ4n) is 3.40. The van der Waals surface area contributed by atoms with Crippen LogP contribution in [0.15, 0.2) is 101 Å². The maximum absolute atomic E-state index is 5.29. The van der Waals surface area contributed by atoms with E-state index in [9.17, 15) is 0 Å². The molecule has 0 aliphatic heterocycles. The molecule has 0 amide bonds. The Morgan fingerprint density at radius 2 is 1.71 bits per heavy atom. The van der Waals surface area contributed by atoms with E-state index in [1.165, 1.54) is 0 Å². The SMILES string of the molecule is COc1ccc(-c2nn(-c3ccccc3)cc2/C=N/Nc2ncc(-c3ccc(Br)cc3)s2)cc1. The van der Waals surface area contributed by atoms with Crippen LogP contribution in [0.25, 0.3) is 27.4 Å². The summed E-state index contributed by atoms with van der Waals surface area (Å²) in [6, 6.07) is 26.0. The number of ether oxygens (including phenoxy) is 1. The van der Waals surface area contributed by atoms with Gasteiger partial charge in [0.2, 0.25) is 5.13 Å². The Bertz CT molecular complexity index is 1410. The summed E-state index contributed by atoms with van der Waals surface area (Å²) in [5.74, 6) is 0.800. The molecule has 2 heterocycles. The Morgan fingerprint density at radius 3 is 2.44 bits per heavy atom. The number of aromatic nitrogens is 3. The molecule has 0 aliphatic carbocycles. The smallest absolute Gasteiger partial charge is 0.203 e. The van der Waals surface area contributed by atoms with Gasteiger partial charge in [-0.15, -0.1) is 0 Å². The van der Waals surface area contributed by atoms with Crippen molar-refractivity contribution < 1.29 is 4.74 Å². The fraction of sp³-hybridized carbons (Fsp3) is 0.0385. The minimum absolute atomic E-state index is 0.718. The van der Waals surface area contributed by atoms with E-state index >= 15 is 0 Å². The lowest BCUT2D eigenvalue weighted by atomic mass is 10.1. The first kappa shape index (κ1) is 22.1. The van der Waals surface area contributed by atoms with E-state index in [1.54, 1.807) is 24.7 Å². The monoisotopic (exact) mass is 529 g/mol. The Morgan fingerprint density at radius 1 is 0.971 bits per heavy atom. The lowest BCUT2D eigenvalue weighted by molar-refractivity contribution is 0.415. The van der Waals surface area contributed by atoms with Crippen LogP contribution in [0, 0.1) is 0 Å². The zero-order chi connectivity index (χ0) is 23.3. The summed E-state index contributed by atoms with van der Waals surface area (Å²) < 4.78 is 8.20. The molecule has 5 aromatic rings. The molecule has 0 unspecified atom stereocenters. The van der Waals surface area contributed by atoms with E-state index in [2.05, 4.69) is 43.6 Å². The molecule has 0 aliphatic rings. The van der Waals surface area contributed by atoms with E-state index in [-0.39, 0.29) is 0 Å². The number of anilines is 1. The molecule has 0 atom stereocenters. The molecule has 1 N–H and O–H groups in total. The number of hydrogen-bond donors (Lipinski definition) is 1. The van der Waals surface area contributed by atoms with Crippen molar-refractivity contribution in [2.24, 2.45) is 5.10 Å². The molecule has 2 aromatic heterocycles. The van der Waals surface area contributed by atoms with Crippen LogP contribution in [0.5, 0.6) is 5.75 Å². The number of rotatable bonds is 7. The molecule has 0 saturated carbocycles. The standard InChI is InChI=1S/C26H20BrN5OS/c1-33-23-13-9-19(10-14-23)25-20(17-32(31-25)22-5-3-2-4-6-22)15-29-30-26-28-16-24(34-26)18-7-11-21(27)12-8-18/h2-17H,1H3,(H,28,30)/b29-15+. The third-order valence-electron chi connectivity index (χ3n) is 5.12. The maximum atomic E-state index is 5.29. The number of hydrazone groups is 1. The molecule has 0 bridgehead atoms. The Kier molecular flexibility index (Phi) is 6.51. The van der Waals surface area contributed by atoms with Gasteiger partial charge in [-0.2, -0.15) is 10.2 Å². The van der Waals surface area contributed by atoms with Gasteiger partial charge in [0.25, 0.3) is 0 Å². The predicted molar refractivity (Wildman–Crippen MR) is 142 cm³/mol. The minimum atomic E-state index is 0.718. The molecular formula is C26H20BrN5OS. The first-order valence-electron chi connectivity index (χ1n) is 10.5. The number of hydrogen-bond acceptors (Lipinski definition) is 6. The van der Waals surface area contributed by atoms with Crippen molar-refractivity contribution in [1.29, 1.82) is 0 Å². The van der Waals surface area contributed by atoms with Gasteiger partial charge in [-0.05, 0) is 54.1 Å². The highest BCUT2D eigenvalue weighted by Gasteiger charge is 2.12. The van der Waals surface area contributed by atoms with Crippen molar-refractivity contribution in [3.8, 4) is 33.1 Å². The Labute approximate surface area is 209 Å². The van der Waals surface area contributed by atoms with Gasteiger partial charge < -0.3 is 4.74 Å². The van der Waals surface area contributed by atoms with Crippen LogP contribution < -0.4 is 10.2 Å². The van der Waals surface area contributed by atoms with E-state index in [0.29, 0.717) is 0 Å². The lowest BCUT2D eigenvalue weighted by Gasteiger charge is -2.02. The summed E-state index contributed by atoms with van der Waals surface area (Å²) in [4.78, 5) is 5.52. The molecule has 0 radical (unpaired) electrons. The quantitative estimate of drug-likeness (QED) is 0.184. The molecule has 0 spiro atoms. The van der Waals surface area contributed by atoms with Crippen LogP contribution in [-0.2, 0) is 0 Å². The number of halogens is 1. The van der Waals surface area contributed by atoms with E-state index in [0.717, 1.165) is 48.3 Å². The molecule has 0 saturated heterocycles. The van der Waals surface area contributed by atoms with Crippen molar-refractivity contribution in [3.05, 3.63) is 101 Å². The highest BCUT2D eigenvalue weighted by molar-refractivity contribution is 9.10. The maximum Gasteiger partial charge on any atom is 0.203 e. The zero-order valence-corrected chi connectivity index (χ0v) is 20.6. The second-order valence-corrected chi connectivity index (χ2v) is 9.29. The van der Waals surface area contributed by atoms with Crippen LogP contribution in [0.1, 0.15) is 5.56 Å². The summed E-state index contributed by atoms with van der Waals surface area (Å²) in [7, 11) is 1.66. The highest BCUT2D eigenvalue weighted by atomic mass is 79.9. The molecule has 0 fully saturated rings. The third kappa shape index (κ3) is 4.93. The van der Waals surface area contributed by atoms with Crippen molar-refractivity contribution in [3.63, 3.8) is 0 Å². The summed E-state index contributed by atoms with van der Waals surface area (Å²) >= 11 is 5.02. The van der Waals surface area contributed by atoms with Gasteiger partial charge >= 0.3 is 0 Å². The number of thiazole rings is 1. The van der Waals surface area contributed by atoms with Gasteiger partial charge in [0.05, 0.1) is 23.9 Å². The molecule has 168 valence electrons. The first-order valence-corrected chi connectivity index (χ1v) is 12.1. The van der Waals surface area contributed by atoms with Gasteiger partial charge in [0.15, 0.2) is 0 Å². The number of methoxy groups -OCH3 is 1. The van der Waals surface area contributed by atoms with Crippen LogP contribution in [0.4, 0.5) is 5.13 Å². The summed E-state index contributed by atoms with van der Waals surface area (Å²) in [5, 5.41) is 9.99. The molecule has 5 rings (SSSR count). The molecule has 6 nitrogen and oxygen atoms in total. The van der Waals surface area contributed by atoms with Crippen molar-refractivity contribution in [2.75, 3.05) is 12.5 Å². The van der Waals surface area contributed by atoms with Crippen molar-refractivity contribution >= 4 is 38.6 Å². The van der Waals surface area contributed by atoms with E-state index in [1.807, 2.05) is 83.8 Å². The largest absolute Gasteiger partial charge is 0.497 e. The first-order chi connectivity index (χ1) is 16.7. The number of nitrogens with zero attached hydrogens (tertiary/aromatic N) is 4. The Balaban J connectivity index is 1.41. The lowest BCUT2D eigenvalue weighted by Crippen LogP contribution is -1.94. The van der Waals surface area contributed by atoms with Gasteiger partial charge in [0, 0.05) is 28.0 Å². The highest BCUT2D eigenvalue weighted by Crippen LogP contribution is 2.30. The van der Waals surface area contributed by atoms with Gasteiger partial charge in [-0.3, -0.25) is 5.43 Å². The van der Waals surface area contributed by atoms with Crippen LogP contribution in [0.2, 0.25) is 0 Å². The van der Waals surface area contributed by atoms with Crippen LogP contribution in [-0.4, -0.2) is 28.1 Å². The van der Waals surface area contributed by atoms with Gasteiger partial charge in [-0.25, -0.2) is 9.67 Å². The number of benzene rings is 3. The summed E-state index contributed by atoms with van der Waals surface area (Å²) in [6.07, 6.45) is 5.59. The third-order valence-corrected chi connectivity index (χ3v) is 6.60. The van der Waals surface area contributed by atoms with Crippen LogP contribution >= 0.6 is 27.3 Å². The van der Waals surface area contributed by atoms with Crippen molar-refractivity contribution in [2.45, 2.75) is 0 Å². The second kappa shape index (κ2) is 10.0. The average molecular weight is 530 g/mol. The number of nitrogens with one attached hydrogen (secondary N) is 1. The summed E-state index contributed by atoms with van der Waals surface area (Å²) in [6.45, 7) is 0. The molecule has 34 heavy (non-hydrogen) atoms. The van der Waals surface area contributed by atoms with Crippen LogP contribution in [0.3, 0.4) is 0 Å². The zero-order valence-electron chi connectivity index (χ0n) is 18.2. The second-order valence-electron chi connectivity index (χ2n) is 7.35. The molecular weight excluding hydrogens is 510 g/mol. The number of para-hydroxylation sites is 1. The van der Waals surface area contributed by atoms with E-state index < -0.39 is 0 Å². The fourth-order valence-corrected chi connectivity index (χ4v) is 4.43.